The maximum Gasteiger partial charge on any atom is 0.159 e. The highest BCUT2D eigenvalue weighted by atomic mass is 16.3. The van der Waals surface area contributed by atoms with Gasteiger partial charge in [-0.05, 0) is 57.4 Å². The summed E-state index contributed by atoms with van der Waals surface area (Å²) in [6, 6.07) is 6.98. The molecule has 5 heterocycles. The molecule has 0 amide bonds. The number of anilines is 1. The molecular weight excluding hydrogens is 402 g/mol. The Morgan fingerprint density at radius 2 is 1.91 bits per heavy atom. The van der Waals surface area contributed by atoms with Crippen LogP contribution in [0.1, 0.15) is 51.6 Å². The van der Waals surface area contributed by atoms with Crippen molar-refractivity contribution in [1.29, 1.82) is 5.26 Å². The van der Waals surface area contributed by atoms with Crippen LogP contribution in [-0.4, -0.2) is 48.0 Å². The van der Waals surface area contributed by atoms with Crippen molar-refractivity contribution in [2.24, 2.45) is 10.8 Å². The molecule has 1 spiro atoms. The first-order valence-electron chi connectivity index (χ1n) is 11.4. The number of rotatable bonds is 4. The third-order valence-corrected chi connectivity index (χ3v) is 8.93. The Morgan fingerprint density at radius 1 is 1.12 bits per heavy atom. The number of nitriles is 1. The van der Waals surface area contributed by atoms with Gasteiger partial charge in [0.2, 0.25) is 0 Å². The van der Waals surface area contributed by atoms with E-state index in [0.717, 1.165) is 61.1 Å². The zero-order valence-electron chi connectivity index (χ0n) is 18.3. The fourth-order valence-electron chi connectivity index (χ4n) is 6.35. The molecule has 3 aromatic heterocycles. The summed E-state index contributed by atoms with van der Waals surface area (Å²) in [5.41, 5.74) is 0.742. The van der Waals surface area contributed by atoms with Crippen LogP contribution in [0.2, 0.25) is 0 Å². The zero-order valence-corrected chi connectivity index (χ0v) is 18.3. The molecule has 32 heavy (non-hydrogen) atoms. The number of fused-ring (bicyclic) bond motifs is 2. The number of pyridine rings is 1. The van der Waals surface area contributed by atoms with Gasteiger partial charge in [-0.3, -0.25) is 4.98 Å². The van der Waals surface area contributed by atoms with Gasteiger partial charge in [0.1, 0.15) is 17.6 Å². The molecule has 8 heteroatoms. The summed E-state index contributed by atoms with van der Waals surface area (Å²) >= 11 is 0. The van der Waals surface area contributed by atoms with E-state index >= 15 is 0 Å². The van der Waals surface area contributed by atoms with Gasteiger partial charge in [-0.1, -0.05) is 0 Å². The topological polar surface area (TPSA) is 104 Å². The number of hydrogen-bond acceptors (Lipinski definition) is 7. The van der Waals surface area contributed by atoms with E-state index in [1.807, 2.05) is 36.9 Å². The van der Waals surface area contributed by atoms with Gasteiger partial charge < -0.3 is 10.0 Å². The maximum atomic E-state index is 10.7. The van der Waals surface area contributed by atoms with Crippen molar-refractivity contribution in [3.05, 3.63) is 36.5 Å². The molecule has 8 nitrogen and oxygen atoms in total. The molecule has 0 aromatic carbocycles. The second-order valence-electron chi connectivity index (χ2n) is 10.9. The van der Waals surface area contributed by atoms with Crippen molar-refractivity contribution in [2.45, 2.75) is 63.0 Å². The molecule has 2 saturated heterocycles. The number of aromatic nitrogens is 5. The molecule has 3 aliphatic carbocycles. The van der Waals surface area contributed by atoms with E-state index < -0.39 is 11.0 Å². The van der Waals surface area contributed by atoms with Crippen LogP contribution < -0.4 is 4.90 Å². The molecule has 1 N–H and O–H groups in total. The lowest BCUT2D eigenvalue weighted by atomic mass is 9.61. The summed E-state index contributed by atoms with van der Waals surface area (Å²) in [7, 11) is 0. The minimum atomic E-state index is -0.700. The average molecular weight is 428 g/mol. The van der Waals surface area contributed by atoms with Gasteiger partial charge in [-0.25, -0.2) is 14.6 Å². The van der Waals surface area contributed by atoms with Gasteiger partial charge in [0.05, 0.1) is 29.1 Å². The Balaban J connectivity index is 1.26. The van der Waals surface area contributed by atoms with Crippen LogP contribution in [0.5, 0.6) is 0 Å². The second-order valence-corrected chi connectivity index (χ2v) is 10.9. The minimum Gasteiger partial charge on any atom is -0.390 e. The normalized spacial score (nSPS) is 31.6. The van der Waals surface area contributed by atoms with Crippen LogP contribution in [0, 0.1) is 22.2 Å². The van der Waals surface area contributed by atoms with Crippen LogP contribution in [0.3, 0.4) is 0 Å². The van der Waals surface area contributed by atoms with Gasteiger partial charge in [0, 0.05) is 35.7 Å². The van der Waals surface area contributed by atoms with Gasteiger partial charge in [0.25, 0.3) is 0 Å². The highest BCUT2D eigenvalue weighted by Gasteiger charge is 2.76. The van der Waals surface area contributed by atoms with E-state index in [4.69, 9.17) is 0 Å². The first-order chi connectivity index (χ1) is 15.3. The molecule has 5 fully saturated rings. The highest BCUT2D eigenvalue weighted by Crippen LogP contribution is 2.78. The zero-order chi connectivity index (χ0) is 21.9. The second kappa shape index (κ2) is 5.46. The van der Waals surface area contributed by atoms with E-state index in [2.05, 4.69) is 31.0 Å². The van der Waals surface area contributed by atoms with Gasteiger partial charge in [-0.2, -0.15) is 10.4 Å². The van der Waals surface area contributed by atoms with Gasteiger partial charge in [0.15, 0.2) is 5.82 Å². The van der Waals surface area contributed by atoms with Crippen LogP contribution in [-0.2, 0) is 5.41 Å². The van der Waals surface area contributed by atoms with E-state index in [-0.39, 0.29) is 10.8 Å². The predicted molar refractivity (Wildman–Crippen MR) is 117 cm³/mol. The number of nitrogens with zero attached hydrogens (tertiary/aromatic N) is 7. The lowest BCUT2D eigenvalue weighted by molar-refractivity contribution is -0.0754. The first kappa shape index (κ1) is 18.5. The third-order valence-electron chi connectivity index (χ3n) is 8.93. The summed E-state index contributed by atoms with van der Waals surface area (Å²) in [6.07, 6.45) is 10.4. The summed E-state index contributed by atoms with van der Waals surface area (Å²) in [4.78, 5) is 16.0. The Morgan fingerprint density at radius 3 is 2.56 bits per heavy atom. The van der Waals surface area contributed by atoms with Crippen molar-refractivity contribution >= 4 is 16.7 Å². The SMILES string of the molecule is CC(C)(O)C12CC(C1)N(c1cc(-n3ncc4cnc([C@@]5(C#N)CC56CC6)cc43)ncn1)C2. The van der Waals surface area contributed by atoms with Crippen LogP contribution in [0.4, 0.5) is 5.82 Å². The van der Waals surface area contributed by atoms with Crippen LogP contribution in [0.25, 0.3) is 16.7 Å². The molecular formula is C24H25N7O. The fraction of sp³-hybridized carbons (Fsp3) is 0.542. The van der Waals surface area contributed by atoms with Crippen LogP contribution >= 0.6 is 0 Å². The molecule has 162 valence electrons. The monoisotopic (exact) mass is 427 g/mol. The summed E-state index contributed by atoms with van der Waals surface area (Å²) in [5.74, 6) is 1.57. The number of aliphatic hydroxyl groups is 1. The summed E-state index contributed by atoms with van der Waals surface area (Å²) < 4.78 is 1.82. The largest absolute Gasteiger partial charge is 0.390 e. The third kappa shape index (κ3) is 2.15. The fourth-order valence-corrected chi connectivity index (χ4v) is 6.35. The predicted octanol–water partition coefficient (Wildman–Crippen LogP) is 2.90. The maximum absolute atomic E-state index is 10.7. The molecule has 3 aromatic rings. The Labute approximate surface area is 185 Å². The minimum absolute atomic E-state index is 0.0591. The molecule has 5 aliphatic rings. The van der Waals surface area contributed by atoms with E-state index in [1.165, 1.54) is 0 Å². The van der Waals surface area contributed by atoms with Crippen molar-refractivity contribution in [3.8, 4) is 11.9 Å². The van der Waals surface area contributed by atoms with Crippen LogP contribution in [0.15, 0.2) is 30.9 Å². The van der Waals surface area contributed by atoms with Crippen molar-refractivity contribution in [3.63, 3.8) is 0 Å². The van der Waals surface area contributed by atoms with Crippen molar-refractivity contribution in [1.82, 2.24) is 24.7 Å². The lowest BCUT2D eigenvalue weighted by Gasteiger charge is -2.45. The summed E-state index contributed by atoms with van der Waals surface area (Å²) in [6.45, 7) is 4.64. The Hall–Kier alpha value is -3.05. The molecule has 0 unspecified atom stereocenters. The van der Waals surface area contributed by atoms with Gasteiger partial charge >= 0.3 is 0 Å². The first-order valence-corrected chi connectivity index (χ1v) is 11.4. The van der Waals surface area contributed by atoms with E-state index in [0.29, 0.717) is 11.9 Å². The molecule has 2 bridgehead atoms. The molecule has 0 radical (unpaired) electrons. The quantitative estimate of drug-likeness (QED) is 0.683. The Bertz CT molecular complexity index is 1320. The number of hydrogen-bond donors (Lipinski definition) is 1. The van der Waals surface area contributed by atoms with Crippen molar-refractivity contribution in [2.75, 3.05) is 11.4 Å². The van der Waals surface area contributed by atoms with Gasteiger partial charge in [-0.15, -0.1) is 0 Å². The molecule has 2 aliphatic heterocycles. The average Bonchev–Trinajstić information content (AvgIpc) is 3.44. The van der Waals surface area contributed by atoms with Crippen molar-refractivity contribution < 1.29 is 5.11 Å². The highest BCUT2D eigenvalue weighted by molar-refractivity contribution is 5.80. The smallest absolute Gasteiger partial charge is 0.159 e. The molecule has 1 atom stereocenters. The molecule has 8 rings (SSSR count). The standard InChI is InChI=1S/C24H25N7O/c1-21(2,32)23-7-16(8-23)30(13-23)19-6-20(28-14-27-19)31-17-5-18(26-9-15(17)10-29-31)24(12-25)11-22(24)3-4-22/h5-6,9-10,14,16,32H,3-4,7-8,11,13H2,1-2H3/t16?,23?,24-/m0/s1. The lowest BCUT2D eigenvalue weighted by Crippen LogP contribution is -2.50. The molecule has 3 saturated carbocycles. The van der Waals surface area contributed by atoms with E-state index in [1.54, 1.807) is 12.5 Å². The Kier molecular flexibility index (Phi) is 3.16. The summed E-state index contributed by atoms with van der Waals surface area (Å²) in [5, 5.41) is 26.1. The van der Waals surface area contributed by atoms with E-state index in [9.17, 15) is 10.4 Å².